The lowest BCUT2D eigenvalue weighted by molar-refractivity contribution is 0.108. The Morgan fingerprint density at radius 3 is 2.80 bits per heavy atom. The molecule has 0 aromatic carbocycles. The molecule has 5 nitrogen and oxygen atoms in total. The summed E-state index contributed by atoms with van der Waals surface area (Å²) >= 11 is 0. The zero-order valence-electron chi connectivity index (χ0n) is 9.60. The van der Waals surface area contributed by atoms with E-state index in [4.69, 9.17) is 9.84 Å². The Labute approximate surface area is 90.1 Å². The summed E-state index contributed by atoms with van der Waals surface area (Å²) < 4.78 is 7.07. The van der Waals surface area contributed by atoms with Crippen LogP contribution in [0.4, 0.5) is 0 Å². The third-order valence-corrected chi connectivity index (χ3v) is 2.46. The first kappa shape index (κ1) is 12.1. The van der Waals surface area contributed by atoms with Crippen molar-refractivity contribution in [1.29, 1.82) is 0 Å². The highest BCUT2D eigenvalue weighted by Crippen LogP contribution is 2.19. The SMILES string of the molecule is CCCCn1nnc(CO)c1C(C)OC. The number of methoxy groups -OCH3 is 1. The maximum absolute atomic E-state index is 9.13. The lowest BCUT2D eigenvalue weighted by atomic mass is 10.2. The van der Waals surface area contributed by atoms with Crippen molar-refractivity contribution in [1.82, 2.24) is 15.0 Å². The second-order valence-electron chi connectivity index (χ2n) is 3.53. The molecule has 0 saturated carbocycles. The van der Waals surface area contributed by atoms with Crippen LogP contribution in [0.3, 0.4) is 0 Å². The van der Waals surface area contributed by atoms with Crippen LogP contribution in [-0.4, -0.2) is 27.2 Å². The van der Waals surface area contributed by atoms with Crippen molar-refractivity contribution in [2.45, 2.75) is 45.9 Å². The second kappa shape index (κ2) is 5.82. The molecule has 1 aromatic heterocycles. The Kier molecular flexibility index (Phi) is 4.71. The summed E-state index contributed by atoms with van der Waals surface area (Å²) in [7, 11) is 1.64. The molecule has 5 heteroatoms. The monoisotopic (exact) mass is 213 g/mol. The minimum absolute atomic E-state index is 0.0843. The van der Waals surface area contributed by atoms with Gasteiger partial charge in [-0.15, -0.1) is 5.10 Å². The van der Waals surface area contributed by atoms with Gasteiger partial charge in [0.25, 0.3) is 0 Å². The Bertz CT molecular complexity index is 299. The largest absolute Gasteiger partial charge is 0.390 e. The van der Waals surface area contributed by atoms with Gasteiger partial charge in [-0.05, 0) is 13.3 Å². The van der Waals surface area contributed by atoms with Crippen molar-refractivity contribution in [3.8, 4) is 0 Å². The maximum Gasteiger partial charge on any atom is 0.114 e. The minimum Gasteiger partial charge on any atom is -0.390 e. The summed E-state index contributed by atoms with van der Waals surface area (Å²) in [4.78, 5) is 0. The smallest absolute Gasteiger partial charge is 0.114 e. The molecule has 0 aliphatic rings. The molecule has 1 heterocycles. The van der Waals surface area contributed by atoms with Crippen LogP contribution in [0.25, 0.3) is 0 Å². The molecule has 0 aliphatic carbocycles. The normalized spacial score (nSPS) is 13.1. The molecule has 0 saturated heterocycles. The Hall–Kier alpha value is -0.940. The fourth-order valence-corrected chi connectivity index (χ4v) is 1.50. The molecule has 15 heavy (non-hydrogen) atoms. The molecule has 0 spiro atoms. The predicted molar refractivity (Wildman–Crippen MR) is 56.3 cm³/mol. The van der Waals surface area contributed by atoms with Crippen molar-refractivity contribution in [2.24, 2.45) is 0 Å². The van der Waals surface area contributed by atoms with Crippen LogP contribution in [0.15, 0.2) is 0 Å². The van der Waals surface area contributed by atoms with Crippen molar-refractivity contribution in [3.05, 3.63) is 11.4 Å². The molecular formula is C10H19N3O2. The highest BCUT2D eigenvalue weighted by Gasteiger charge is 2.17. The van der Waals surface area contributed by atoms with Crippen molar-refractivity contribution in [2.75, 3.05) is 7.11 Å². The highest BCUT2D eigenvalue weighted by molar-refractivity contribution is 5.11. The maximum atomic E-state index is 9.13. The molecule has 1 unspecified atom stereocenters. The number of hydrogen-bond donors (Lipinski definition) is 1. The third kappa shape index (κ3) is 2.76. The fraction of sp³-hybridized carbons (Fsp3) is 0.800. The highest BCUT2D eigenvalue weighted by atomic mass is 16.5. The van der Waals surface area contributed by atoms with Gasteiger partial charge in [0, 0.05) is 13.7 Å². The van der Waals surface area contributed by atoms with Gasteiger partial charge in [0.15, 0.2) is 0 Å². The number of nitrogens with zero attached hydrogens (tertiary/aromatic N) is 3. The molecule has 0 aliphatic heterocycles. The molecule has 1 aromatic rings. The lowest BCUT2D eigenvalue weighted by Gasteiger charge is -2.12. The summed E-state index contributed by atoms with van der Waals surface area (Å²) in [6.45, 7) is 4.80. The Balaban J connectivity index is 2.89. The topological polar surface area (TPSA) is 60.2 Å². The quantitative estimate of drug-likeness (QED) is 0.773. The molecule has 0 bridgehead atoms. The molecule has 86 valence electrons. The van der Waals surface area contributed by atoms with E-state index in [1.807, 2.05) is 11.6 Å². The first-order valence-electron chi connectivity index (χ1n) is 5.30. The van der Waals surface area contributed by atoms with Crippen LogP contribution in [0, 0.1) is 0 Å². The van der Waals surface area contributed by atoms with E-state index in [0.717, 1.165) is 25.1 Å². The average Bonchev–Trinajstić information content (AvgIpc) is 2.68. The van der Waals surface area contributed by atoms with Crippen LogP contribution in [0.5, 0.6) is 0 Å². The third-order valence-electron chi connectivity index (χ3n) is 2.46. The van der Waals surface area contributed by atoms with E-state index in [2.05, 4.69) is 17.2 Å². The second-order valence-corrected chi connectivity index (χ2v) is 3.53. The predicted octanol–water partition coefficient (Wildman–Crippen LogP) is 1.28. The molecule has 1 rings (SSSR count). The fourth-order valence-electron chi connectivity index (χ4n) is 1.50. The van der Waals surface area contributed by atoms with Crippen molar-refractivity contribution < 1.29 is 9.84 Å². The van der Waals surface area contributed by atoms with Gasteiger partial charge in [-0.2, -0.15) is 0 Å². The van der Waals surface area contributed by atoms with E-state index in [1.165, 1.54) is 0 Å². The van der Waals surface area contributed by atoms with Gasteiger partial charge in [-0.1, -0.05) is 18.6 Å². The van der Waals surface area contributed by atoms with E-state index >= 15 is 0 Å². The van der Waals surface area contributed by atoms with Gasteiger partial charge in [0.2, 0.25) is 0 Å². The van der Waals surface area contributed by atoms with Crippen LogP contribution in [-0.2, 0) is 17.9 Å². The lowest BCUT2D eigenvalue weighted by Crippen LogP contribution is -2.10. The summed E-state index contributed by atoms with van der Waals surface area (Å²) in [6.07, 6.45) is 2.08. The number of aliphatic hydroxyl groups excluding tert-OH is 1. The van der Waals surface area contributed by atoms with Crippen LogP contribution in [0.2, 0.25) is 0 Å². The van der Waals surface area contributed by atoms with Crippen LogP contribution >= 0.6 is 0 Å². The number of rotatable bonds is 6. The number of hydrogen-bond acceptors (Lipinski definition) is 4. The Morgan fingerprint density at radius 1 is 1.53 bits per heavy atom. The summed E-state index contributed by atoms with van der Waals surface area (Å²) in [6, 6.07) is 0. The first-order valence-corrected chi connectivity index (χ1v) is 5.30. The van der Waals surface area contributed by atoms with Gasteiger partial charge in [0.1, 0.15) is 5.69 Å². The summed E-state index contributed by atoms with van der Waals surface area (Å²) in [5.74, 6) is 0. The van der Waals surface area contributed by atoms with E-state index in [1.54, 1.807) is 7.11 Å². The van der Waals surface area contributed by atoms with Crippen LogP contribution in [0.1, 0.15) is 44.2 Å². The van der Waals surface area contributed by atoms with Gasteiger partial charge in [-0.3, -0.25) is 0 Å². The van der Waals surface area contributed by atoms with E-state index in [9.17, 15) is 0 Å². The van der Waals surface area contributed by atoms with Gasteiger partial charge in [0.05, 0.1) is 18.4 Å². The number of aliphatic hydroxyl groups is 1. The Morgan fingerprint density at radius 2 is 2.27 bits per heavy atom. The number of aryl methyl sites for hydroxylation is 1. The van der Waals surface area contributed by atoms with Gasteiger partial charge in [-0.25, -0.2) is 4.68 Å². The standard InChI is InChI=1S/C10H19N3O2/c1-4-5-6-13-10(8(2)15-3)9(7-14)11-12-13/h8,14H,4-7H2,1-3H3. The van der Waals surface area contributed by atoms with E-state index < -0.39 is 0 Å². The van der Waals surface area contributed by atoms with Crippen LogP contribution < -0.4 is 0 Å². The number of ether oxygens (including phenoxy) is 1. The van der Waals surface area contributed by atoms with Crippen molar-refractivity contribution in [3.63, 3.8) is 0 Å². The molecule has 0 radical (unpaired) electrons. The number of aromatic nitrogens is 3. The molecule has 0 fully saturated rings. The molecule has 0 amide bonds. The van der Waals surface area contributed by atoms with Gasteiger partial charge < -0.3 is 9.84 Å². The average molecular weight is 213 g/mol. The van der Waals surface area contributed by atoms with Gasteiger partial charge >= 0.3 is 0 Å². The first-order chi connectivity index (χ1) is 7.24. The van der Waals surface area contributed by atoms with E-state index in [0.29, 0.717) is 5.69 Å². The molecule has 1 N–H and O–H groups in total. The zero-order valence-corrected chi connectivity index (χ0v) is 9.60. The number of unbranched alkanes of at least 4 members (excludes halogenated alkanes) is 1. The summed E-state index contributed by atoms with van der Waals surface area (Å²) in [5, 5.41) is 17.1. The molecule has 1 atom stereocenters. The minimum atomic E-state index is -0.0881. The zero-order chi connectivity index (χ0) is 11.3. The summed E-state index contributed by atoms with van der Waals surface area (Å²) in [5.41, 5.74) is 1.49. The van der Waals surface area contributed by atoms with E-state index in [-0.39, 0.29) is 12.7 Å². The molecular weight excluding hydrogens is 194 g/mol. The van der Waals surface area contributed by atoms with Crippen molar-refractivity contribution >= 4 is 0 Å².